The largest absolute Gasteiger partial charge is 0.473 e. The van der Waals surface area contributed by atoms with Crippen molar-refractivity contribution in [2.24, 2.45) is 11.5 Å². The highest BCUT2D eigenvalue weighted by molar-refractivity contribution is 5.82. The van der Waals surface area contributed by atoms with Crippen LogP contribution in [0.3, 0.4) is 0 Å². The molecule has 2 aromatic rings. The summed E-state index contributed by atoms with van der Waals surface area (Å²) in [7, 11) is 0. The van der Waals surface area contributed by atoms with Crippen molar-refractivity contribution in [1.82, 2.24) is 5.16 Å². The van der Waals surface area contributed by atoms with Crippen LogP contribution < -0.4 is 16.2 Å². The summed E-state index contributed by atoms with van der Waals surface area (Å²) >= 11 is 0. The maximum absolute atomic E-state index is 10.5. The van der Waals surface area contributed by atoms with Gasteiger partial charge in [-0.05, 0) is 35.7 Å². The van der Waals surface area contributed by atoms with Gasteiger partial charge in [0, 0.05) is 0 Å². The number of aryl methyl sites for hydroxylation is 1. The lowest BCUT2D eigenvalue weighted by atomic mass is 10.1. The summed E-state index contributed by atoms with van der Waals surface area (Å²) in [6.45, 7) is 2.29. The van der Waals surface area contributed by atoms with E-state index < -0.39 is 12.1 Å². The maximum Gasteiger partial charge on any atom is 0.404 e. The minimum absolute atomic E-state index is 0.00708. The highest BCUT2D eigenvalue weighted by Crippen LogP contribution is 2.26. The fourth-order valence-corrected chi connectivity index (χ4v) is 2.03. The number of benzene rings is 1. The molecule has 0 saturated carbocycles. The van der Waals surface area contributed by atoms with Gasteiger partial charge in [0.15, 0.2) is 5.58 Å². The van der Waals surface area contributed by atoms with Crippen LogP contribution in [0.4, 0.5) is 4.79 Å². The van der Waals surface area contributed by atoms with Crippen molar-refractivity contribution in [3.8, 4) is 5.88 Å². The van der Waals surface area contributed by atoms with Gasteiger partial charge in [-0.25, -0.2) is 4.79 Å². The molecule has 2 rings (SSSR count). The Bertz CT molecular complexity index is 626. The number of ether oxygens (including phenoxy) is 2. The normalized spacial score (nSPS) is 12.3. The van der Waals surface area contributed by atoms with Crippen molar-refractivity contribution in [1.29, 1.82) is 0 Å². The smallest absolute Gasteiger partial charge is 0.404 e. The maximum atomic E-state index is 10.5. The molecule has 4 N–H and O–H groups in total. The van der Waals surface area contributed by atoms with E-state index in [4.69, 9.17) is 20.7 Å². The highest BCUT2D eigenvalue weighted by atomic mass is 16.6. The van der Waals surface area contributed by atoms with Crippen molar-refractivity contribution in [3.05, 3.63) is 23.8 Å². The van der Waals surface area contributed by atoms with Crippen LogP contribution in [0.5, 0.6) is 5.88 Å². The van der Waals surface area contributed by atoms with E-state index in [1.165, 1.54) is 5.56 Å². The average molecular weight is 307 g/mol. The molecule has 120 valence electrons. The van der Waals surface area contributed by atoms with Gasteiger partial charge in [0.2, 0.25) is 0 Å². The van der Waals surface area contributed by atoms with Crippen molar-refractivity contribution in [3.63, 3.8) is 0 Å². The lowest BCUT2D eigenvalue weighted by Gasteiger charge is -2.11. The molecule has 1 atom stereocenters. The van der Waals surface area contributed by atoms with Gasteiger partial charge >= 0.3 is 6.09 Å². The van der Waals surface area contributed by atoms with Gasteiger partial charge in [0.25, 0.3) is 5.88 Å². The zero-order valence-corrected chi connectivity index (χ0v) is 12.6. The summed E-state index contributed by atoms with van der Waals surface area (Å²) < 4.78 is 15.4. The number of carbonyl (C=O) groups excluding carboxylic acids is 1. The number of hydrogen-bond acceptors (Lipinski definition) is 6. The summed E-state index contributed by atoms with van der Waals surface area (Å²) in [5.41, 5.74) is 12.5. The van der Waals surface area contributed by atoms with E-state index in [9.17, 15) is 4.79 Å². The Balaban J connectivity index is 1.99. The first-order chi connectivity index (χ1) is 10.6. The third-order valence-electron chi connectivity index (χ3n) is 3.19. The van der Waals surface area contributed by atoms with Crippen LogP contribution in [-0.4, -0.2) is 30.5 Å². The average Bonchev–Trinajstić information content (AvgIpc) is 2.91. The Kier molecular flexibility index (Phi) is 5.60. The van der Waals surface area contributed by atoms with Gasteiger partial charge < -0.3 is 25.5 Å². The number of aromatic nitrogens is 1. The molecule has 0 saturated heterocycles. The molecule has 0 bridgehead atoms. The topological polar surface area (TPSA) is 114 Å². The van der Waals surface area contributed by atoms with Crippen LogP contribution in [0, 0.1) is 0 Å². The minimum atomic E-state index is -0.858. The van der Waals surface area contributed by atoms with E-state index in [-0.39, 0.29) is 13.2 Å². The molecule has 1 aromatic heterocycles. The van der Waals surface area contributed by atoms with Gasteiger partial charge in [0.1, 0.15) is 13.2 Å². The lowest BCUT2D eigenvalue weighted by Crippen LogP contribution is -2.34. The van der Waals surface area contributed by atoms with Gasteiger partial charge in [-0.1, -0.05) is 19.4 Å². The summed E-state index contributed by atoms with van der Waals surface area (Å²) in [6.07, 6.45) is 2.41. The first-order valence-electron chi connectivity index (χ1n) is 7.29. The molecule has 0 aliphatic heterocycles. The molecular formula is C15H21N3O4. The van der Waals surface area contributed by atoms with Crippen molar-refractivity contribution < 1.29 is 18.8 Å². The first-order valence-corrected chi connectivity index (χ1v) is 7.29. The molecule has 0 radical (unpaired) electrons. The molecular weight excluding hydrogens is 286 g/mol. The molecule has 7 nitrogen and oxygen atoms in total. The quantitative estimate of drug-likeness (QED) is 0.770. The molecule has 0 aliphatic rings. The fraction of sp³-hybridized carbons (Fsp3) is 0.467. The molecule has 1 aromatic carbocycles. The number of hydrogen-bond donors (Lipinski definition) is 2. The van der Waals surface area contributed by atoms with Crippen LogP contribution >= 0.6 is 0 Å². The third kappa shape index (κ3) is 4.36. The van der Waals surface area contributed by atoms with Crippen LogP contribution in [-0.2, 0) is 11.2 Å². The van der Waals surface area contributed by atoms with Crippen molar-refractivity contribution in [2.45, 2.75) is 32.2 Å². The standard InChI is InChI=1S/C15H21N3O4/c1-2-3-4-10-5-6-13-12(7-10)14(18-22-13)20-8-11(16)9-21-15(17)19/h5-7,11H,2-4,8-9,16H2,1H3,(H2,17,19). The highest BCUT2D eigenvalue weighted by Gasteiger charge is 2.13. The molecule has 1 heterocycles. The summed E-state index contributed by atoms with van der Waals surface area (Å²) in [6, 6.07) is 5.44. The predicted octanol–water partition coefficient (Wildman–Crippen LogP) is 1.97. The minimum Gasteiger partial charge on any atom is -0.473 e. The predicted molar refractivity (Wildman–Crippen MR) is 81.6 cm³/mol. The number of fused-ring (bicyclic) bond motifs is 1. The van der Waals surface area contributed by atoms with Gasteiger partial charge in [-0.2, -0.15) is 0 Å². The van der Waals surface area contributed by atoms with Gasteiger partial charge in [-0.3, -0.25) is 0 Å². The molecule has 0 fully saturated rings. The Morgan fingerprint density at radius 2 is 2.23 bits per heavy atom. The van der Waals surface area contributed by atoms with E-state index in [0.29, 0.717) is 11.5 Å². The fourth-order valence-electron chi connectivity index (χ4n) is 2.03. The third-order valence-corrected chi connectivity index (χ3v) is 3.19. The molecule has 1 unspecified atom stereocenters. The Hall–Kier alpha value is -2.28. The number of rotatable bonds is 8. The SMILES string of the molecule is CCCCc1ccc2onc(OCC(N)COC(N)=O)c2c1. The summed E-state index contributed by atoms with van der Waals surface area (Å²) in [4.78, 5) is 10.5. The van der Waals surface area contributed by atoms with E-state index >= 15 is 0 Å². The number of unbranched alkanes of at least 4 members (excludes halogenated alkanes) is 1. The summed E-state index contributed by atoms with van der Waals surface area (Å²) in [5.74, 6) is 0.392. The second kappa shape index (κ2) is 7.65. The van der Waals surface area contributed by atoms with Crippen molar-refractivity contribution in [2.75, 3.05) is 13.2 Å². The van der Waals surface area contributed by atoms with Gasteiger partial charge in [-0.15, -0.1) is 0 Å². The number of nitrogens with two attached hydrogens (primary N) is 2. The second-order valence-corrected chi connectivity index (χ2v) is 5.12. The number of primary amides is 1. The van der Waals surface area contributed by atoms with Crippen LogP contribution in [0.15, 0.2) is 22.7 Å². The number of nitrogens with zero attached hydrogens (tertiary/aromatic N) is 1. The number of carbonyl (C=O) groups is 1. The van der Waals surface area contributed by atoms with E-state index in [1.807, 2.05) is 18.2 Å². The van der Waals surface area contributed by atoms with Crippen LogP contribution in [0.1, 0.15) is 25.3 Å². The molecule has 0 aliphatic carbocycles. The molecule has 22 heavy (non-hydrogen) atoms. The second-order valence-electron chi connectivity index (χ2n) is 5.12. The zero-order valence-electron chi connectivity index (χ0n) is 12.6. The van der Waals surface area contributed by atoms with Crippen molar-refractivity contribution >= 4 is 17.1 Å². The molecule has 1 amide bonds. The molecule has 0 spiro atoms. The van der Waals surface area contributed by atoms with E-state index in [2.05, 4.69) is 16.8 Å². The Morgan fingerprint density at radius 1 is 1.41 bits per heavy atom. The first kappa shape index (κ1) is 16.1. The van der Waals surface area contributed by atoms with Crippen LogP contribution in [0.2, 0.25) is 0 Å². The summed E-state index contributed by atoms with van der Waals surface area (Å²) in [5, 5.41) is 4.71. The zero-order chi connectivity index (χ0) is 15.9. The van der Waals surface area contributed by atoms with E-state index in [1.54, 1.807) is 0 Å². The van der Waals surface area contributed by atoms with Gasteiger partial charge in [0.05, 0.1) is 11.4 Å². The van der Waals surface area contributed by atoms with Crippen LogP contribution in [0.25, 0.3) is 11.0 Å². The Morgan fingerprint density at radius 3 is 2.95 bits per heavy atom. The Labute approximate surface area is 128 Å². The molecule has 7 heteroatoms. The van der Waals surface area contributed by atoms with E-state index in [0.717, 1.165) is 24.6 Å². The number of amides is 1. The lowest BCUT2D eigenvalue weighted by molar-refractivity contribution is 0.136. The monoisotopic (exact) mass is 307 g/mol.